The summed E-state index contributed by atoms with van der Waals surface area (Å²) >= 11 is 0. The van der Waals surface area contributed by atoms with Crippen molar-refractivity contribution in [3.05, 3.63) is 35.4 Å². The van der Waals surface area contributed by atoms with Gasteiger partial charge in [0.15, 0.2) is 0 Å². The third-order valence-electron chi connectivity index (χ3n) is 3.19. The Bertz CT molecular complexity index is 413. The molecule has 1 aliphatic heterocycles. The fraction of sp³-hybridized carbons (Fsp3) is 0.500. The van der Waals surface area contributed by atoms with Crippen molar-refractivity contribution in [3.8, 4) is 0 Å². The normalized spacial score (nSPS) is 18.3. The number of ether oxygens (including phenoxy) is 2. The van der Waals surface area contributed by atoms with Gasteiger partial charge in [-0.15, -0.1) is 0 Å². The van der Waals surface area contributed by atoms with Crippen molar-refractivity contribution in [3.63, 3.8) is 0 Å². The molecule has 1 saturated heterocycles. The molecule has 0 bridgehead atoms. The predicted octanol–water partition coefficient (Wildman–Crippen LogP) is 1.54. The third kappa shape index (κ3) is 2.89. The molecule has 1 heterocycles. The maximum atomic E-state index is 12.0. The minimum atomic E-state index is -0.321. The average molecular weight is 249 g/mol. The lowest BCUT2D eigenvalue weighted by Gasteiger charge is -2.33. The molecule has 1 aliphatic rings. The number of methoxy groups -OCH3 is 1. The van der Waals surface area contributed by atoms with Crippen LogP contribution in [0.25, 0.3) is 0 Å². The van der Waals surface area contributed by atoms with Crippen LogP contribution in [0.1, 0.15) is 17.2 Å². The van der Waals surface area contributed by atoms with Gasteiger partial charge in [-0.3, -0.25) is 4.90 Å². The van der Waals surface area contributed by atoms with Gasteiger partial charge in [0.05, 0.1) is 20.3 Å². The Morgan fingerprint density at radius 3 is 2.72 bits per heavy atom. The molecular weight excluding hydrogens is 230 g/mol. The SMILES string of the molecule is COC(=O)C(c1cccc(C)c1)N1CCOCC1. The molecule has 1 fully saturated rings. The highest BCUT2D eigenvalue weighted by molar-refractivity contribution is 5.77. The molecule has 0 radical (unpaired) electrons. The summed E-state index contributed by atoms with van der Waals surface area (Å²) in [7, 11) is 1.44. The predicted molar refractivity (Wildman–Crippen MR) is 68.3 cm³/mol. The molecule has 1 atom stereocenters. The average Bonchev–Trinajstić information content (AvgIpc) is 2.40. The molecule has 1 unspecified atom stereocenters. The van der Waals surface area contributed by atoms with Crippen LogP contribution in [0.3, 0.4) is 0 Å². The second kappa shape index (κ2) is 5.98. The Hall–Kier alpha value is -1.39. The van der Waals surface area contributed by atoms with E-state index in [1.54, 1.807) is 0 Å². The van der Waals surface area contributed by atoms with Crippen molar-refractivity contribution < 1.29 is 14.3 Å². The van der Waals surface area contributed by atoms with Crippen LogP contribution in [0, 0.1) is 6.92 Å². The number of carbonyl (C=O) groups excluding carboxylic acids is 1. The molecule has 0 spiro atoms. The first-order chi connectivity index (χ1) is 8.72. The van der Waals surface area contributed by atoms with Crippen LogP contribution in [0.2, 0.25) is 0 Å². The summed E-state index contributed by atoms with van der Waals surface area (Å²) in [4.78, 5) is 14.1. The molecule has 0 amide bonds. The third-order valence-corrected chi connectivity index (χ3v) is 3.19. The first kappa shape index (κ1) is 13.1. The van der Waals surface area contributed by atoms with Gasteiger partial charge in [0.2, 0.25) is 0 Å². The van der Waals surface area contributed by atoms with E-state index in [2.05, 4.69) is 4.90 Å². The zero-order valence-corrected chi connectivity index (χ0v) is 10.9. The second-order valence-electron chi connectivity index (χ2n) is 4.49. The Balaban J connectivity index is 2.26. The number of carbonyl (C=O) groups is 1. The summed E-state index contributed by atoms with van der Waals surface area (Å²) in [5.41, 5.74) is 2.14. The van der Waals surface area contributed by atoms with E-state index >= 15 is 0 Å². The van der Waals surface area contributed by atoms with Crippen LogP contribution in [0.15, 0.2) is 24.3 Å². The number of aryl methyl sites for hydroxylation is 1. The molecule has 2 rings (SSSR count). The van der Waals surface area contributed by atoms with Crippen LogP contribution in [0.4, 0.5) is 0 Å². The standard InChI is InChI=1S/C14H19NO3/c1-11-4-3-5-12(10-11)13(14(16)17-2)15-6-8-18-9-7-15/h3-5,10,13H,6-9H2,1-2H3. The summed E-state index contributed by atoms with van der Waals surface area (Å²) in [6, 6.07) is 7.69. The zero-order valence-electron chi connectivity index (χ0n) is 10.9. The maximum absolute atomic E-state index is 12.0. The number of rotatable bonds is 3. The summed E-state index contributed by atoms with van der Waals surface area (Å²) in [6.45, 7) is 4.87. The number of hydrogen-bond acceptors (Lipinski definition) is 4. The molecule has 18 heavy (non-hydrogen) atoms. The van der Waals surface area contributed by atoms with E-state index in [1.807, 2.05) is 31.2 Å². The quantitative estimate of drug-likeness (QED) is 0.762. The lowest BCUT2D eigenvalue weighted by atomic mass is 10.0. The highest BCUT2D eigenvalue weighted by Gasteiger charge is 2.29. The van der Waals surface area contributed by atoms with E-state index in [0.717, 1.165) is 24.2 Å². The van der Waals surface area contributed by atoms with Crippen LogP contribution < -0.4 is 0 Å². The highest BCUT2D eigenvalue weighted by Crippen LogP contribution is 2.23. The van der Waals surface area contributed by atoms with Gasteiger partial charge in [-0.2, -0.15) is 0 Å². The Labute approximate surface area is 107 Å². The largest absolute Gasteiger partial charge is 0.468 e. The molecule has 4 heteroatoms. The van der Waals surface area contributed by atoms with Crippen LogP contribution >= 0.6 is 0 Å². The van der Waals surface area contributed by atoms with Crippen molar-refractivity contribution in [2.24, 2.45) is 0 Å². The molecule has 0 saturated carbocycles. The van der Waals surface area contributed by atoms with Gasteiger partial charge >= 0.3 is 5.97 Å². The fourth-order valence-corrected chi connectivity index (χ4v) is 2.28. The van der Waals surface area contributed by atoms with Crippen molar-refractivity contribution >= 4 is 5.97 Å². The van der Waals surface area contributed by atoms with Crippen LogP contribution in [0.5, 0.6) is 0 Å². The van der Waals surface area contributed by atoms with E-state index in [9.17, 15) is 4.79 Å². The first-order valence-corrected chi connectivity index (χ1v) is 6.18. The molecule has 1 aromatic rings. The summed E-state index contributed by atoms with van der Waals surface area (Å²) in [5.74, 6) is -0.206. The van der Waals surface area contributed by atoms with Crippen LogP contribution in [-0.2, 0) is 14.3 Å². The Morgan fingerprint density at radius 2 is 2.11 bits per heavy atom. The Kier molecular flexibility index (Phi) is 4.33. The molecule has 98 valence electrons. The van der Waals surface area contributed by atoms with Gasteiger partial charge in [0.1, 0.15) is 6.04 Å². The minimum Gasteiger partial charge on any atom is -0.468 e. The molecule has 0 aromatic heterocycles. The van der Waals surface area contributed by atoms with E-state index in [0.29, 0.717) is 13.2 Å². The monoisotopic (exact) mass is 249 g/mol. The fourth-order valence-electron chi connectivity index (χ4n) is 2.28. The lowest BCUT2D eigenvalue weighted by molar-refractivity contribution is -0.149. The van der Waals surface area contributed by atoms with Crippen molar-refractivity contribution in [2.75, 3.05) is 33.4 Å². The highest BCUT2D eigenvalue weighted by atomic mass is 16.5. The molecule has 4 nitrogen and oxygen atoms in total. The minimum absolute atomic E-state index is 0.206. The summed E-state index contributed by atoms with van der Waals surface area (Å²) in [6.07, 6.45) is 0. The van der Waals surface area contributed by atoms with Gasteiger partial charge in [-0.05, 0) is 12.5 Å². The number of nitrogens with zero attached hydrogens (tertiary/aromatic N) is 1. The van der Waals surface area contributed by atoms with Crippen molar-refractivity contribution in [1.82, 2.24) is 4.90 Å². The van der Waals surface area contributed by atoms with Gasteiger partial charge in [-0.1, -0.05) is 29.8 Å². The summed E-state index contributed by atoms with van der Waals surface area (Å²) < 4.78 is 10.3. The zero-order chi connectivity index (χ0) is 13.0. The van der Waals surface area contributed by atoms with Gasteiger partial charge in [0, 0.05) is 13.1 Å². The number of esters is 1. The van der Waals surface area contributed by atoms with E-state index in [1.165, 1.54) is 7.11 Å². The smallest absolute Gasteiger partial charge is 0.327 e. The van der Waals surface area contributed by atoms with E-state index in [-0.39, 0.29) is 12.0 Å². The Morgan fingerprint density at radius 1 is 1.39 bits per heavy atom. The number of benzene rings is 1. The first-order valence-electron chi connectivity index (χ1n) is 6.18. The second-order valence-corrected chi connectivity index (χ2v) is 4.49. The molecule has 0 N–H and O–H groups in total. The van der Waals surface area contributed by atoms with Crippen molar-refractivity contribution in [1.29, 1.82) is 0 Å². The van der Waals surface area contributed by atoms with Crippen LogP contribution in [-0.4, -0.2) is 44.3 Å². The number of hydrogen-bond donors (Lipinski definition) is 0. The maximum Gasteiger partial charge on any atom is 0.327 e. The number of morpholine rings is 1. The van der Waals surface area contributed by atoms with Gasteiger partial charge in [0.25, 0.3) is 0 Å². The van der Waals surface area contributed by atoms with E-state index in [4.69, 9.17) is 9.47 Å². The van der Waals surface area contributed by atoms with Crippen molar-refractivity contribution in [2.45, 2.75) is 13.0 Å². The lowest BCUT2D eigenvalue weighted by Crippen LogP contribution is -2.42. The van der Waals surface area contributed by atoms with E-state index < -0.39 is 0 Å². The summed E-state index contributed by atoms with van der Waals surface area (Å²) in [5, 5.41) is 0. The molecule has 1 aromatic carbocycles. The topological polar surface area (TPSA) is 38.8 Å². The van der Waals surface area contributed by atoms with Gasteiger partial charge in [-0.25, -0.2) is 4.79 Å². The van der Waals surface area contributed by atoms with Gasteiger partial charge < -0.3 is 9.47 Å². The molecule has 0 aliphatic carbocycles. The molecular formula is C14H19NO3.